The van der Waals surface area contributed by atoms with Gasteiger partial charge in [-0.2, -0.15) is 0 Å². The van der Waals surface area contributed by atoms with Crippen molar-refractivity contribution in [3.63, 3.8) is 0 Å². The molecule has 0 unspecified atom stereocenters. The van der Waals surface area contributed by atoms with Crippen molar-refractivity contribution in [2.75, 3.05) is 6.54 Å². The Balaban J connectivity index is 1.64. The van der Waals surface area contributed by atoms with Gasteiger partial charge in [0.1, 0.15) is 5.82 Å². The Labute approximate surface area is 118 Å². The van der Waals surface area contributed by atoms with Crippen LogP contribution >= 0.6 is 11.6 Å². The Morgan fingerprint density at radius 1 is 1.26 bits per heavy atom. The highest BCUT2D eigenvalue weighted by Crippen LogP contribution is 2.39. The molecule has 1 heterocycles. The molecule has 0 saturated heterocycles. The normalized spacial score (nSPS) is 19.2. The molecule has 0 atom stereocenters. The molecule has 2 saturated carbocycles. The van der Waals surface area contributed by atoms with Gasteiger partial charge in [0.15, 0.2) is 0 Å². The van der Waals surface area contributed by atoms with Crippen LogP contribution in [0.5, 0.6) is 0 Å². The summed E-state index contributed by atoms with van der Waals surface area (Å²) in [6, 6.07) is 7.50. The maximum atomic E-state index is 6.07. The quantitative estimate of drug-likeness (QED) is 0.907. The first-order chi connectivity index (χ1) is 9.31. The number of nitrogens with zero attached hydrogens (tertiary/aromatic N) is 2. The van der Waals surface area contributed by atoms with Crippen molar-refractivity contribution in [3.05, 3.63) is 29.0 Å². The summed E-state index contributed by atoms with van der Waals surface area (Å²) in [7, 11) is 0. The minimum Gasteiger partial charge on any atom is -0.325 e. The molecule has 4 rings (SSSR count). The number of halogens is 1. The number of nitrogens with one attached hydrogen (secondary N) is 1. The third kappa shape index (κ3) is 2.37. The summed E-state index contributed by atoms with van der Waals surface area (Å²) in [5, 5.41) is 4.34. The molecule has 2 aliphatic rings. The van der Waals surface area contributed by atoms with Crippen molar-refractivity contribution in [1.29, 1.82) is 0 Å². The lowest BCUT2D eigenvalue weighted by Gasteiger charge is -2.08. The van der Waals surface area contributed by atoms with Crippen LogP contribution in [-0.2, 0) is 6.42 Å². The van der Waals surface area contributed by atoms with Gasteiger partial charge in [-0.15, -0.1) is 0 Å². The first kappa shape index (κ1) is 11.7. The molecule has 0 radical (unpaired) electrons. The van der Waals surface area contributed by atoms with Crippen molar-refractivity contribution in [3.8, 4) is 0 Å². The van der Waals surface area contributed by atoms with Crippen molar-refractivity contribution < 1.29 is 0 Å². The van der Waals surface area contributed by atoms with Gasteiger partial charge in [-0.05, 0) is 43.9 Å². The average molecular weight is 276 g/mol. The Bertz CT molecular complexity index is 611. The minimum absolute atomic E-state index is 0.669. The van der Waals surface area contributed by atoms with Crippen molar-refractivity contribution in [2.24, 2.45) is 0 Å². The van der Waals surface area contributed by atoms with Crippen LogP contribution in [0.25, 0.3) is 11.0 Å². The van der Waals surface area contributed by atoms with Gasteiger partial charge in [0.25, 0.3) is 0 Å². The predicted molar refractivity (Wildman–Crippen MR) is 77.7 cm³/mol. The largest absolute Gasteiger partial charge is 0.325 e. The van der Waals surface area contributed by atoms with E-state index in [-0.39, 0.29) is 0 Å². The van der Waals surface area contributed by atoms with E-state index in [1.165, 1.54) is 37.0 Å². The molecule has 0 amide bonds. The minimum atomic E-state index is 0.669. The predicted octanol–water partition coefficient (Wildman–Crippen LogP) is 3.32. The second kappa shape index (κ2) is 4.50. The van der Waals surface area contributed by atoms with Crippen LogP contribution in [0.15, 0.2) is 18.2 Å². The van der Waals surface area contributed by atoms with E-state index in [2.05, 4.69) is 16.0 Å². The SMILES string of the molecule is Clc1ccc2c(c1)nc(CCNC1CC1)n2C1CC1. The van der Waals surface area contributed by atoms with Gasteiger partial charge >= 0.3 is 0 Å². The Hall–Kier alpha value is -1.06. The fraction of sp³-hybridized carbons (Fsp3) is 0.533. The summed E-state index contributed by atoms with van der Waals surface area (Å²) in [4.78, 5) is 4.79. The summed E-state index contributed by atoms with van der Waals surface area (Å²) in [6.07, 6.45) is 6.27. The summed E-state index contributed by atoms with van der Waals surface area (Å²) in [5.41, 5.74) is 2.29. The lowest BCUT2D eigenvalue weighted by molar-refractivity contribution is 0.631. The zero-order valence-corrected chi connectivity index (χ0v) is 11.7. The first-order valence-electron chi connectivity index (χ1n) is 7.21. The van der Waals surface area contributed by atoms with E-state index in [4.69, 9.17) is 16.6 Å². The average Bonchev–Trinajstić information content (AvgIpc) is 3.27. The van der Waals surface area contributed by atoms with E-state index in [9.17, 15) is 0 Å². The highest BCUT2D eigenvalue weighted by atomic mass is 35.5. The molecule has 0 bridgehead atoms. The third-order valence-electron chi connectivity index (χ3n) is 4.00. The van der Waals surface area contributed by atoms with Crippen molar-refractivity contribution in [1.82, 2.24) is 14.9 Å². The van der Waals surface area contributed by atoms with Crippen LogP contribution in [0.1, 0.15) is 37.5 Å². The molecule has 1 aromatic heterocycles. The van der Waals surface area contributed by atoms with Crippen LogP contribution in [0.2, 0.25) is 5.02 Å². The van der Waals surface area contributed by atoms with Crippen LogP contribution in [0.3, 0.4) is 0 Å². The summed E-state index contributed by atoms with van der Waals surface area (Å²) < 4.78 is 2.43. The molecule has 1 aromatic carbocycles. The first-order valence-corrected chi connectivity index (χ1v) is 7.59. The van der Waals surface area contributed by atoms with Crippen molar-refractivity contribution >= 4 is 22.6 Å². The Kier molecular flexibility index (Phi) is 2.78. The standard InChI is InChI=1S/C15H18ClN3/c16-10-1-6-14-13(9-10)18-15(19(14)12-4-5-12)7-8-17-11-2-3-11/h1,6,9,11-12,17H,2-5,7-8H2. The molecule has 0 aliphatic heterocycles. The van der Waals surface area contributed by atoms with Gasteiger partial charge in [0, 0.05) is 30.1 Å². The van der Waals surface area contributed by atoms with Gasteiger partial charge < -0.3 is 9.88 Å². The maximum Gasteiger partial charge on any atom is 0.111 e. The van der Waals surface area contributed by atoms with Crippen LogP contribution < -0.4 is 5.32 Å². The number of rotatable bonds is 5. The number of hydrogen-bond donors (Lipinski definition) is 1. The van der Waals surface area contributed by atoms with Gasteiger partial charge in [-0.25, -0.2) is 4.98 Å². The lowest BCUT2D eigenvalue weighted by atomic mass is 10.3. The van der Waals surface area contributed by atoms with E-state index < -0.39 is 0 Å². The highest BCUT2D eigenvalue weighted by Gasteiger charge is 2.28. The number of fused-ring (bicyclic) bond motifs is 1. The molecule has 3 nitrogen and oxygen atoms in total. The Morgan fingerprint density at radius 3 is 2.84 bits per heavy atom. The molecule has 1 N–H and O–H groups in total. The molecule has 2 fully saturated rings. The van der Waals surface area contributed by atoms with Crippen LogP contribution in [0, 0.1) is 0 Å². The zero-order valence-electron chi connectivity index (χ0n) is 10.9. The second-order valence-electron chi connectivity index (χ2n) is 5.74. The lowest BCUT2D eigenvalue weighted by Crippen LogP contribution is -2.20. The van der Waals surface area contributed by atoms with E-state index in [1.54, 1.807) is 0 Å². The number of benzene rings is 1. The van der Waals surface area contributed by atoms with E-state index in [0.717, 1.165) is 29.5 Å². The van der Waals surface area contributed by atoms with Crippen molar-refractivity contribution in [2.45, 2.75) is 44.2 Å². The van der Waals surface area contributed by atoms with Crippen LogP contribution in [-0.4, -0.2) is 22.1 Å². The molecule has 100 valence electrons. The number of imidazole rings is 1. The molecular weight excluding hydrogens is 258 g/mol. The molecule has 0 spiro atoms. The van der Waals surface area contributed by atoms with Gasteiger partial charge in [-0.1, -0.05) is 11.6 Å². The maximum absolute atomic E-state index is 6.07. The monoisotopic (exact) mass is 275 g/mol. The van der Waals surface area contributed by atoms with Gasteiger partial charge in [0.2, 0.25) is 0 Å². The summed E-state index contributed by atoms with van der Waals surface area (Å²) in [5.74, 6) is 1.22. The van der Waals surface area contributed by atoms with E-state index >= 15 is 0 Å². The second-order valence-corrected chi connectivity index (χ2v) is 6.18. The third-order valence-corrected chi connectivity index (χ3v) is 4.23. The number of hydrogen-bond acceptors (Lipinski definition) is 2. The molecule has 19 heavy (non-hydrogen) atoms. The topological polar surface area (TPSA) is 29.9 Å². The fourth-order valence-electron chi connectivity index (χ4n) is 2.71. The van der Waals surface area contributed by atoms with Crippen LogP contribution in [0.4, 0.5) is 0 Å². The van der Waals surface area contributed by atoms with E-state index in [0.29, 0.717) is 6.04 Å². The molecule has 2 aromatic rings. The van der Waals surface area contributed by atoms with Gasteiger partial charge in [-0.3, -0.25) is 0 Å². The fourth-order valence-corrected chi connectivity index (χ4v) is 2.88. The summed E-state index contributed by atoms with van der Waals surface area (Å²) >= 11 is 6.07. The molecular formula is C15H18ClN3. The smallest absolute Gasteiger partial charge is 0.111 e. The molecule has 2 aliphatic carbocycles. The van der Waals surface area contributed by atoms with Gasteiger partial charge in [0.05, 0.1) is 11.0 Å². The summed E-state index contributed by atoms with van der Waals surface area (Å²) in [6.45, 7) is 1.04. The highest BCUT2D eigenvalue weighted by molar-refractivity contribution is 6.31. The number of aromatic nitrogens is 2. The zero-order chi connectivity index (χ0) is 12.8. The molecule has 4 heteroatoms. The Morgan fingerprint density at radius 2 is 2.11 bits per heavy atom. The van der Waals surface area contributed by atoms with E-state index in [1.807, 2.05) is 12.1 Å².